The molecule has 0 aliphatic heterocycles. The van der Waals surface area contributed by atoms with Crippen LogP contribution in [0.25, 0.3) is 0 Å². The fraction of sp³-hybridized carbons (Fsp3) is 0.857. The molecule has 0 saturated carbocycles. The van der Waals surface area contributed by atoms with E-state index in [9.17, 15) is 26.7 Å². The molecule has 4 nitrogen and oxygen atoms in total. The summed E-state index contributed by atoms with van der Waals surface area (Å²) in [4.78, 5) is 10.6. The van der Waals surface area contributed by atoms with E-state index < -0.39 is 24.8 Å². The minimum atomic E-state index is -5.74. The van der Waals surface area contributed by atoms with Crippen LogP contribution >= 0.6 is 0 Å². The van der Waals surface area contributed by atoms with E-state index in [0.717, 1.165) is 0 Å². The number of ether oxygens (including phenoxy) is 2. The molecule has 16 heavy (non-hydrogen) atoms. The fourth-order valence-corrected chi connectivity index (χ4v) is 0.544. The van der Waals surface area contributed by atoms with E-state index >= 15 is 0 Å². The van der Waals surface area contributed by atoms with E-state index in [1.807, 2.05) is 5.32 Å². The molecule has 0 fully saturated rings. The molecule has 0 spiro atoms. The van der Waals surface area contributed by atoms with Crippen molar-refractivity contribution in [2.75, 3.05) is 26.9 Å². The number of amides is 1. The highest BCUT2D eigenvalue weighted by atomic mass is 19.4. The van der Waals surface area contributed by atoms with Crippen molar-refractivity contribution in [3.05, 3.63) is 0 Å². The minimum Gasteiger partial charge on any atom is -0.443 e. The molecule has 0 saturated heterocycles. The van der Waals surface area contributed by atoms with Gasteiger partial charge >= 0.3 is 18.2 Å². The van der Waals surface area contributed by atoms with Crippen LogP contribution in [0.2, 0.25) is 0 Å². The van der Waals surface area contributed by atoms with Crippen molar-refractivity contribution >= 4 is 6.09 Å². The SMILES string of the molecule is COCCNC(=O)OCC(F)(F)C(F)(F)F. The Kier molecular flexibility index (Phi) is 5.42. The van der Waals surface area contributed by atoms with Crippen LogP contribution in [0.5, 0.6) is 0 Å². The third-order valence-corrected chi connectivity index (χ3v) is 1.37. The molecular weight excluding hydrogens is 241 g/mol. The summed E-state index contributed by atoms with van der Waals surface area (Å²) >= 11 is 0. The summed E-state index contributed by atoms with van der Waals surface area (Å²) in [6, 6.07) is 0. The maximum atomic E-state index is 12.2. The Hall–Kier alpha value is -1.12. The first-order chi connectivity index (χ1) is 7.20. The van der Waals surface area contributed by atoms with Gasteiger partial charge < -0.3 is 14.8 Å². The highest BCUT2D eigenvalue weighted by molar-refractivity contribution is 5.67. The van der Waals surface area contributed by atoms with Gasteiger partial charge in [0.25, 0.3) is 0 Å². The Balaban J connectivity index is 3.92. The third-order valence-electron chi connectivity index (χ3n) is 1.37. The maximum absolute atomic E-state index is 12.2. The average molecular weight is 251 g/mol. The molecule has 0 bridgehead atoms. The minimum absolute atomic E-state index is 0.0487. The second-order valence-corrected chi connectivity index (χ2v) is 2.70. The Morgan fingerprint density at radius 2 is 1.81 bits per heavy atom. The first kappa shape index (κ1) is 14.9. The van der Waals surface area contributed by atoms with E-state index in [4.69, 9.17) is 0 Å². The molecule has 0 aromatic carbocycles. The summed E-state index contributed by atoms with van der Waals surface area (Å²) in [6.07, 6.45) is -7.10. The summed E-state index contributed by atoms with van der Waals surface area (Å²) < 4.78 is 67.5. The average Bonchev–Trinajstić information content (AvgIpc) is 2.13. The highest BCUT2D eigenvalue weighted by Crippen LogP contribution is 2.35. The first-order valence-corrected chi connectivity index (χ1v) is 4.05. The molecule has 0 radical (unpaired) electrons. The fourth-order valence-electron chi connectivity index (χ4n) is 0.544. The van der Waals surface area contributed by atoms with Crippen molar-refractivity contribution in [2.45, 2.75) is 12.1 Å². The van der Waals surface area contributed by atoms with Crippen LogP contribution in [0.3, 0.4) is 0 Å². The molecule has 1 amide bonds. The zero-order chi connectivity index (χ0) is 12.8. The predicted octanol–water partition coefficient (Wildman–Crippen LogP) is 1.56. The zero-order valence-electron chi connectivity index (χ0n) is 8.24. The molecular formula is C7H10F5NO3. The normalized spacial score (nSPS) is 12.4. The largest absolute Gasteiger partial charge is 0.456 e. The standard InChI is InChI=1S/C7H10F5NO3/c1-15-3-2-13-5(14)16-4-6(8,9)7(10,11)12/h2-4H2,1H3,(H,13,14). The van der Waals surface area contributed by atoms with Crippen molar-refractivity contribution in [1.29, 1.82) is 0 Å². The number of hydrogen-bond acceptors (Lipinski definition) is 3. The van der Waals surface area contributed by atoms with Crippen LogP contribution in [0, 0.1) is 0 Å². The molecule has 0 aliphatic carbocycles. The van der Waals surface area contributed by atoms with Crippen molar-refractivity contribution < 1.29 is 36.2 Å². The lowest BCUT2D eigenvalue weighted by Gasteiger charge is -2.19. The molecule has 0 aliphatic rings. The predicted molar refractivity (Wildman–Crippen MR) is 42.2 cm³/mol. The zero-order valence-corrected chi connectivity index (χ0v) is 8.24. The van der Waals surface area contributed by atoms with Gasteiger partial charge in [-0.1, -0.05) is 0 Å². The van der Waals surface area contributed by atoms with Gasteiger partial charge in [0.15, 0.2) is 6.61 Å². The number of carbonyl (C=O) groups is 1. The Labute approximate surface area is 87.7 Å². The van der Waals surface area contributed by atoms with E-state index in [2.05, 4.69) is 9.47 Å². The molecule has 96 valence electrons. The summed E-state index contributed by atoms with van der Waals surface area (Å²) in [6.45, 7) is -2.01. The smallest absolute Gasteiger partial charge is 0.443 e. The van der Waals surface area contributed by atoms with Crippen LogP contribution in [-0.4, -0.2) is 45.1 Å². The molecule has 0 aromatic heterocycles. The molecule has 1 N–H and O–H groups in total. The van der Waals surface area contributed by atoms with E-state index in [1.165, 1.54) is 7.11 Å². The monoisotopic (exact) mass is 251 g/mol. The number of nitrogens with one attached hydrogen (secondary N) is 1. The Bertz CT molecular complexity index is 231. The Morgan fingerprint density at radius 1 is 1.25 bits per heavy atom. The van der Waals surface area contributed by atoms with Crippen molar-refractivity contribution in [2.24, 2.45) is 0 Å². The van der Waals surface area contributed by atoms with E-state index in [-0.39, 0.29) is 13.2 Å². The second kappa shape index (κ2) is 5.83. The maximum Gasteiger partial charge on any atom is 0.456 e. The van der Waals surface area contributed by atoms with Crippen molar-refractivity contribution in [1.82, 2.24) is 5.32 Å². The van der Waals surface area contributed by atoms with Gasteiger partial charge in [-0.3, -0.25) is 0 Å². The Morgan fingerprint density at radius 3 is 2.25 bits per heavy atom. The highest BCUT2D eigenvalue weighted by Gasteiger charge is 2.58. The van der Waals surface area contributed by atoms with Gasteiger partial charge in [-0.05, 0) is 0 Å². The van der Waals surface area contributed by atoms with E-state index in [0.29, 0.717) is 0 Å². The van der Waals surface area contributed by atoms with Gasteiger partial charge in [-0.2, -0.15) is 22.0 Å². The van der Waals surface area contributed by atoms with Crippen molar-refractivity contribution in [3.63, 3.8) is 0 Å². The second-order valence-electron chi connectivity index (χ2n) is 2.70. The number of halogens is 5. The molecule has 9 heteroatoms. The number of methoxy groups -OCH3 is 1. The molecule has 0 unspecified atom stereocenters. The summed E-state index contributed by atoms with van der Waals surface area (Å²) in [5.41, 5.74) is 0. The number of alkyl carbamates (subject to hydrolysis) is 1. The number of alkyl halides is 5. The third kappa shape index (κ3) is 5.10. The quantitative estimate of drug-likeness (QED) is 0.595. The first-order valence-electron chi connectivity index (χ1n) is 4.05. The topological polar surface area (TPSA) is 47.6 Å². The lowest BCUT2D eigenvalue weighted by Crippen LogP contribution is -2.42. The van der Waals surface area contributed by atoms with Crippen LogP contribution in [0.15, 0.2) is 0 Å². The number of rotatable bonds is 5. The molecule has 0 aromatic rings. The van der Waals surface area contributed by atoms with Gasteiger partial charge in [0.2, 0.25) is 0 Å². The van der Waals surface area contributed by atoms with Crippen molar-refractivity contribution in [3.8, 4) is 0 Å². The van der Waals surface area contributed by atoms with Crippen LogP contribution in [0.1, 0.15) is 0 Å². The van der Waals surface area contributed by atoms with Gasteiger partial charge in [0, 0.05) is 13.7 Å². The van der Waals surface area contributed by atoms with Crippen LogP contribution in [0.4, 0.5) is 26.7 Å². The van der Waals surface area contributed by atoms with Crippen LogP contribution in [-0.2, 0) is 9.47 Å². The molecule has 0 atom stereocenters. The van der Waals surface area contributed by atoms with Crippen LogP contribution < -0.4 is 5.32 Å². The van der Waals surface area contributed by atoms with Gasteiger partial charge in [-0.15, -0.1) is 0 Å². The molecule has 0 heterocycles. The van der Waals surface area contributed by atoms with Gasteiger partial charge in [0.05, 0.1) is 6.61 Å². The number of hydrogen-bond donors (Lipinski definition) is 1. The van der Waals surface area contributed by atoms with Gasteiger partial charge in [-0.25, -0.2) is 4.79 Å². The summed E-state index contributed by atoms with van der Waals surface area (Å²) in [5.74, 6) is -5.05. The lowest BCUT2D eigenvalue weighted by molar-refractivity contribution is -0.292. The lowest BCUT2D eigenvalue weighted by atomic mass is 10.3. The van der Waals surface area contributed by atoms with E-state index in [1.54, 1.807) is 0 Å². The van der Waals surface area contributed by atoms with Gasteiger partial charge in [0.1, 0.15) is 0 Å². The summed E-state index contributed by atoms with van der Waals surface area (Å²) in [5, 5.41) is 1.92. The molecule has 0 rings (SSSR count). The number of carbonyl (C=O) groups excluding carboxylic acids is 1. The summed E-state index contributed by atoms with van der Waals surface area (Å²) in [7, 11) is 1.32.